The molecule has 3 nitrogen and oxygen atoms in total. The highest BCUT2D eigenvalue weighted by atomic mass is 32.2. The molecule has 0 rings (SSSR count). The molecule has 78 valence electrons. The second-order valence-electron chi connectivity index (χ2n) is 3.26. The Morgan fingerprint density at radius 2 is 2.08 bits per heavy atom. The summed E-state index contributed by atoms with van der Waals surface area (Å²) in [7, 11) is -2.79. The molecule has 0 aromatic rings. The van der Waals surface area contributed by atoms with Gasteiger partial charge in [0.25, 0.3) is 0 Å². The first-order valence-electron chi connectivity index (χ1n) is 4.51. The average molecular weight is 205 g/mol. The Hall–Kier alpha value is -0.350. The van der Waals surface area contributed by atoms with Gasteiger partial charge in [-0.3, -0.25) is 0 Å². The van der Waals surface area contributed by atoms with E-state index in [0.717, 1.165) is 25.1 Å². The molecule has 4 heteroatoms. The summed E-state index contributed by atoms with van der Waals surface area (Å²) in [6.45, 7) is 7.43. The van der Waals surface area contributed by atoms with E-state index < -0.39 is 9.84 Å². The highest BCUT2D eigenvalue weighted by molar-refractivity contribution is 7.90. The quantitative estimate of drug-likeness (QED) is 0.498. The Labute approximate surface area is 81.1 Å². The maximum absolute atomic E-state index is 10.7. The first-order valence-corrected chi connectivity index (χ1v) is 6.57. The summed E-state index contributed by atoms with van der Waals surface area (Å²) >= 11 is 0. The zero-order valence-corrected chi connectivity index (χ0v) is 9.28. The van der Waals surface area contributed by atoms with Crippen molar-refractivity contribution >= 4 is 9.84 Å². The van der Waals surface area contributed by atoms with Crippen LogP contribution in [0.25, 0.3) is 0 Å². The summed E-state index contributed by atoms with van der Waals surface area (Å²) in [5, 5.41) is 3.14. The lowest BCUT2D eigenvalue weighted by Gasteiger charge is -2.04. The fraction of sp³-hybridized carbons (Fsp3) is 0.778. The van der Waals surface area contributed by atoms with Gasteiger partial charge in [-0.2, -0.15) is 0 Å². The summed E-state index contributed by atoms with van der Waals surface area (Å²) < 4.78 is 21.5. The zero-order chi connectivity index (χ0) is 10.3. The molecule has 0 amide bonds. The van der Waals surface area contributed by atoms with E-state index in [2.05, 4.69) is 18.8 Å². The van der Waals surface area contributed by atoms with Crippen molar-refractivity contribution in [3.63, 3.8) is 0 Å². The summed E-state index contributed by atoms with van der Waals surface area (Å²) in [6.07, 6.45) is 2.91. The minimum atomic E-state index is -2.79. The van der Waals surface area contributed by atoms with Gasteiger partial charge in [-0.1, -0.05) is 19.1 Å². The number of nitrogens with one attached hydrogen (secondary N) is 1. The molecule has 0 saturated heterocycles. The topological polar surface area (TPSA) is 46.2 Å². The third-order valence-corrected chi connectivity index (χ3v) is 2.77. The van der Waals surface area contributed by atoms with Crippen LogP contribution in [0.1, 0.15) is 19.8 Å². The molecule has 0 atom stereocenters. The molecule has 0 fully saturated rings. The van der Waals surface area contributed by atoms with Crippen LogP contribution < -0.4 is 5.32 Å². The van der Waals surface area contributed by atoms with Crippen molar-refractivity contribution in [1.82, 2.24) is 5.32 Å². The van der Waals surface area contributed by atoms with E-state index in [-0.39, 0.29) is 5.75 Å². The van der Waals surface area contributed by atoms with Crippen LogP contribution >= 0.6 is 0 Å². The molecule has 0 aliphatic heterocycles. The molecule has 0 saturated carbocycles. The maximum atomic E-state index is 10.7. The third-order valence-electron chi connectivity index (χ3n) is 1.74. The van der Waals surface area contributed by atoms with Crippen molar-refractivity contribution < 1.29 is 8.42 Å². The van der Waals surface area contributed by atoms with E-state index in [1.54, 1.807) is 0 Å². The van der Waals surface area contributed by atoms with Gasteiger partial charge in [-0.25, -0.2) is 8.42 Å². The van der Waals surface area contributed by atoms with Gasteiger partial charge in [0.15, 0.2) is 0 Å². The first kappa shape index (κ1) is 12.7. The van der Waals surface area contributed by atoms with Crippen LogP contribution in [-0.2, 0) is 9.84 Å². The molecule has 0 aromatic carbocycles. The van der Waals surface area contributed by atoms with Gasteiger partial charge in [-0.15, -0.1) is 0 Å². The monoisotopic (exact) mass is 205 g/mol. The van der Waals surface area contributed by atoms with Crippen molar-refractivity contribution in [2.24, 2.45) is 0 Å². The van der Waals surface area contributed by atoms with Crippen molar-refractivity contribution in [2.45, 2.75) is 19.8 Å². The second kappa shape index (κ2) is 6.16. The maximum Gasteiger partial charge on any atom is 0.147 e. The van der Waals surface area contributed by atoms with E-state index in [1.165, 1.54) is 6.26 Å². The fourth-order valence-corrected chi connectivity index (χ4v) is 1.52. The summed E-state index contributed by atoms with van der Waals surface area (Å²) in [4.78, 5) is 0. The van der Waals surface area contributed by atoms with E-state index in [9.17, 15) is 8.42 Å². The van der Waals surface area contributed by atoms with Crippen molar-refractivity contribution in [3.8, 4) is 0 Å². The smallest absolute Gasteiger partial charge is 0.147 e. The zero-order valence-electron chi connectivity index (χ0n) is 8.47. The van der Waals surface area contributed by atoms with Gasteiger partial charge in [0, 0.05) is 12.8 Å². The Morgan fingerprint density at radius 3 is 2.54 bits per heavy atom. The molecule has 0 spiro atoms. The van der Waals surface area contributed by atoms with Crippen LogP contribution in [0.4, 0.5) is 0 Å². The van der Waals surface area contributed by atoms with Crippen LogP contribution in [0.15, 0.2) is 12.2 Å². The predicted molar refractivity (Wildman–Crippen MR) is 56.6 cm³/mol. The van der Waals surface area contributed by atoms with Crippen LogP contribution in [0.3, 0.4) is 0 Å². The summed E-state index contributed by atoms with van der Waals surface area (Å²) in [5.41, 5.74) is 1.15. The lowest BCUT2D eigenvalue weighted by atomic mass is 10.2. The molecule has 0 heterocycles. The van der Waals surface area contributed by atoms with Crippen LogP contribution in [0, 0.1) is 0 Å². The van der Waals surface area contributed by atoms with Gasteiger partial charge in [0.2, 0.25) is 0 Å². The predicted octanol–water partition coefficient (Wildman–Crippen LogP) is 0.977. The normalized spacial score (nSPS) is 11.5. The standard InChI is InChI=1S/C9H19NO2S/c1-4-9(2)8-10-6-5-7-13(3,11)12/h10H,2,4-8H2,1,3H3. The third kappa shape index (κ3) is 9.56. The van der Waals surface area contributed by atoms with Crippen molar-refractivity contribution in [3.05, 3.63) is 12.2 Å². The van der Waals surface area contributed by atoms with Gasteiger partial charge in [0.05, 0.1) is 5.75 Å². The SMILES string of the molecule is C=C(CC)CNCCCS(C)(=O)=O. The minimum Gasteiger partial charge on any atom is -0.313 e. The van der Waals surface area contributed by atoms with Gasteiger partial charge in [-0.05, 0) is 19.4 Å². The second-order valence-corrected chi connectivity index (χ2v) is 5.52. The number of rotatable bonds is 7. The first-order chi connectivity index (χ1) is 5.95. The molecule has 1 N–H and O–H groups in total. The molecule has 13 heavy (non-hydrogen) atoms. The van der Waals surface area contributed by atoms with E-state index in [1.807, 2.05) is 0 Å². The summed E-state index contributed by atoms with van der Waals surface area (Å²) in [5.74, 6) is 0.263. The molecule has 0 radical (unpaired) electrons. The molecule has 0 bridgehead atoms. The number of sulfone groups is 1. The molecule has 0 aliphatic rings. The number of hydrogen-bond acceptors (Lipinski definition) is 3. The van der Waals surface area contributed by atoms with Crippen LogP contribution in [0.2, 0.25) is 0 Å². The summed E-state index contributed by atoms with van der Waals surface area (Å²) in [6, 6.07) is 0. The van der Waals surface area contributed by atoms with Crippen molar-refractivity contribution in [1.29, 1.82) is 0 Å². The minimum absolute atomic E-state index is 0.263. The Balaban J connectivity index is 3.33. The lowest BCUT2D eigenvalue weighted by Crippen LogP contribution is -2.20. The highest BCUT2D eigenvalue weighted by Gasteiger charge is 2.00. The van der Waals surface area contributed by atoms with Gasteiger partial charge < -0.3 is 5.32 Å². The van der Waals surface area contributed by atoms with Gasteiger partial charge >= 0.3 is 0 Å². The van der Waals surface area contributed by atoms with E-state index in [4.69, 9.17) is 0 Å². The molecular weight excluding hydrogens is 186 g/mol. The Morgan fingerprint density at radius 1 is 1.46 bits per heavy atom. The Bertz CT molecular complexity index is 244. The molecular formula is C9H19NO2S. The van der Waals surface area contributed by atoms with E-state index >= 15 is 0 Å². The Kier molecular flexibility index (Phi) is 5.99. The van der Waals surface area contributed by atoms with E-state index in [0.29, 0.717) is 6.42 Å². The van der Waals surface area contributed by atoms with Gasteiger partial charge in [0.1, 0.15) is 9.84 Å². The molecule has 0 aromatic heterocycles. The van der Waals surface area contributed by atoms with Crippen molar-refractivity contribution in [2.75, 3.05) is 25.1 Å². The van der Waals surface area contributed by atoms with Crippen LogP contribution in [0.5, 0.6) is 0 Å². The fourth-order valence-electron chi connectivity index (χ4n) is 0.850. The average Bonchev–Trinajstić information content (AvgIpc) is 2.01. The lowest BCUT2D eigenvalue weighted by molar-refractivity contribution is 0.596. The molecule has 0 unspecified atom stereocenters. The number of hydrogen-bond donors (Lipinski definition) is 1. The van der Waals surface area contributed by atoms with Crippen LogP contribution in [-0.4, -0.2) is 33.5 Å². The highest BCUT2D eigenvalue weighted by Crippen LogP contribution is 1.93. The largest absolute Gasteiger partial charge is 0.313 e. The molecule has 0 aliphatic carbocycles.